The van der Waals surface area contributed by atoms with Gasteiger partial charge in [0.1, 0.15) is 18.5 Å². The van der Waals surface area contributed by atoms with Gasteiger partial charge in [-0.3, -0.25) is 0 Å². The van der Waals surface area contributed by atoms with Crippen LogP contribution >= 0.6 is 11.6 Å². The first kappa shape index (κ1) is 15.6. The third-order valence-electron chi connectivity index (χ3n) is 4.34. The number of aliphatic hydroxyl groups excluding tert-OH is 1. The number of hydrogen-bond donors (Lipinski definition) is 2. The van der Waals surface area contributed by atoms with Crippen LogP contribution in [0, 0.1) is 11.8 Å². The lowest BCUT2D eigenvalue weighted by Gasteiger charge is -2.21. The molecule has 0 saturated heterocycles. The van der Waals surface area contributed by atoms with Gasteiger partial charge < -0.3 is 15.2 Å². The summed E-state index contributed by atoms with van der Waals surface area (Å²) in [6, 6.07) is 7.70. The van der Waals surface area contributed by atoms with E-state index in [1.165, 1.54) is 12.8 Å². The summed E-state index contributed by atoms with van der Waals surface area (Å²) in [6.45, 7) is 5.46. The predicted octanol–water partition coefficient (Wildman–Crippen LogP) is 3.10. The standard InChI is InChI=1S/C16H24ClNO2/c1-11-3-8-16(12(11)2)18-9-14(19)10-20-15-6-4-13(17)5-7-15/h4-7,11-12,14,16,18-19H,3,8-10H2,1-2H3. The zero-order valence-corrected chi connectivity index (χ0v) is 12.9. The number of halogens is 1. The Morgan fingerprint density at radius 2 is 2.00 bits per heavy atom. The summed E-state index contributed by atoms with van der Waals surface area (Å²) in [5.74, 6) is 2.19. The molecule has 1 aromatic rings. The molecule has 0 heterocycles. The number of benzene rings is 1. The molecule has 4 atom stereocenters. The highest BCUT2D eigenvalue weighted by molar-refractivity contribution is 6.30. The fourth-order valence-electron chi connectivity index (χ4n) is 2.72. The molecule has 1 aliphatic rings. The normalized spacial score (nSPS) is 27.5. The van der Waals surface area contributed by atoms with Crippen molar-refractivity contribution in [3.05, 3.63) is 29.3 Å². The fourth-order valence-corrected chi connectivity index (χ4v) is 2.85. The molecule has 0 amide bonds. The van der Waals surface area contributed by atoms with E-state index in [-0.39, 0.29) is 0 Å². The van der Waals surface area contributed by atoms with Crippen LogP contribution in [0.3, 0.4) is 0 Å². The minimum absolute atomic E-state index is 0.297. The lowest BCUT2D eigenvalue weighted by atomic mass is 9.98. The Morgan fingerprint density at radius 1 is 1.30 bits per heavy atom. The third-order valence-corrected chi connectivity index (χ3v) is 4.59. The molecule has 1 aromatic carbocycles. The van der Waals surface area contributed by atoms with E-state index in [0.717, 1.165) is 11.7 Å². The van der Waals surface area contributed by atoms with E-state index in [1.807, 2.05) is 12.1 Å². The molecule has 0 radical (unpaired) electrons. The van der Waals surface area contributed by atoms with Crippen molar-refractivity contribution in [3.8, 4) is 5.75 Å². The summed E-state index contributed by atoms with van der Waals surface area (Å²) >= 11 is 5.81. The van der Waals surface area contributed by atoms with E-state index >= 15 is 0 Å². The Hall–Kier alpha value is -0.770. The Morgan fingerprint density at radius 3 is 2.60 bits per heavy atom. The van der Waals surface area contributed by atoms with Gasteiger partial charge in [0.25, 0.3) is 0 Å². The molecule has 20 heavy (non-hydrogen) atoms. The van der Waals surface area contributed by atoms with Gasteiger partial charge in [-0.2, -0.15) is 0 Å². The van der Waals surface area contributed by atoms with E-state index < -0.39 is 6.10 Å². The van der Waals surface area contributed by atoms with Crippen molar-refractivity contribution in [1.29, 1.82) is 0 Å². The molecule has 112 valence electrons. The maximum absolute atomic E-state index is 9.96. The van der Waals surface area contributed by atoms with Crippen molar-refractivity contribution in [2.24, 2.45) is 11.8 Å². The van der Waals surface area contributed by atoms with E-state index in [0.29, 0.717) is 30.1 Å². The summed E-state index contributed by atoms with van der Waals surface area (Å²) in [7, 11) is 0. The van der Waals surface area contributed by atoms with E-state index in [4.69, 9.17) is 16.3 Å². The average Bonchev–Trinajstić information content (AvgIpc) is 2.76. The summed E-state index contributed by atoms with van der Waals surface area (Å²) in [5.41, 5.74) is 0. The van der Waals surface area contributed by atoms with Crippen molar-refractivity contribution >= 4 is 11.6 Å². The Kier molecular flexibility index (Phi) is 5.70. The van der Waals surface area contributed by atoms with Gasteiger partial charge in [0.05, 0.1) is 0 Å². The summed E-state index contributed by atoms with van der Waals surface area (Å²) in [5, 5.41) is 14.1. The lowest BCUT2D eigenvalue weighted by Crippen LogP contribution is -2.39. The van der Waals surface area contributed by atoms with Crippen molar-refractivity contribution in [3.63, 3.8) is 0 Å². The van der Waals surface area contributed by atoms with Crippen LogP contribution in [0.15, 0.2) is 24.3 Å². The molecule has 0 aliphatic heterocycles. The minimum atomic E-state index is -0.492. The van der Waals surface area contributed by atoms with Crippen molar-refractivity contribution in [2.75, 3.05) is 13.2 Å². The van der Waals surface area contributed by atoms with Crippen LogP contribution in [-0.4, -0.2) is 30.4 Å². The van der Waals surface area contributed by atoms with E-state index in [9.17, 15) is 5.11 Å². The number of aliphatic hydroxyl groups is 1. The summed E-state index contributed by atoms with van der Waals surface area (Å²) in [4.78, 5) is 0. The molecule has 1 fully saturated rings. The zero-order chi connectivity index (χ0) is 14.5. The van der Waals surface area contributed by atoms with Gasteiger partial charge in [0.15, 0.2) is 0 Å². The monoisotopic (exact) mass is 297 g/mol. The fraction of sp³-hybridized carbons (Fsp3) is 0.625. The third kappa shape index (κ3) is 4.37. The summed E-state index contributed by atoms with van der Waals surface area (Å²) < 4.78 is 5.54. The molecule has 1 saturated carbocycles. The van der Waals surface area contributed by atoms with Crippen LogP contribution < -0.4 is 10.1 Å². The van der Waals surface area contributed by atoms with Gasteiger partial charge in [-0.1, -0.05) is 25.4 Å². The first-order valence-electron chi connectivity index (χ1n) is 7.36. The van der Waals surface area contributed by atoms with Crippen LogP contribution in [0.1, 0.15) is 26.7 Å². The van der Waals surface area contributed by atoms with Gasteiger partial charge in [-0.15, -0.1) is 0 Å². The predicted molar refractivity (Wildman–Crippen MR) is 82.3 cm³/mol. The molecular weight excluding hydrogens is 274 g/mol. The number of nitrogens with one attached hydrogen (secondary N) is 1. The summed E-state index contributed by atoms with van der Waals surface area (Å²) in [6.07, 6.45) is 1.98. The van der Waals surface area contributed by atoms with Gasteiger partial charge in [0.2, 0.25) is 0 Å². The van der Waals surface area contributed by atoms with Gasteiger partial charge in [-0.25, -0.2) is 0 Å². The van der Waals surface area contributed by atoms with Crippen LogP contribution in [0.4, 0.5) is 0 Å². The SMILES string of the molecule is CC1CCC(NCC(O)COc2ccc(Cl)cc2)C1C. The minimum Gasteiger partial charge on any atom is -0.491 e. The molecule has 1 aliphatic carbocycles. The van der Waals surface area contributed by atoms with Crippen LogP contribution in [-0.2, 0) is 0 Å². The molecule has 2 N–H and O–H groups in total. The number of rotatable bonds is 6. The van der Waals surface area contributed by atoms with E-state index in [1.54, 1.807) is 12.1 Å². The zero-order valence-electron chi connectivity index (χ0n) is 12.2. The molecule has 0 bridgehead atoms. The number of ether oxygens (including phenoxy) is 1. The molecule has 4 heteroatoms. The second-order valence-corrected chi connectivity index (χ2v) is 6.28. The van der Waals surface area contributed by atoms with Crippen LogP contribution in [0.2, 0.25) is 5.02 Å². The van der Waals surface area contributed by atoms with Crippen molar-refractivity contribution in [2.45, 2.75) is 38.8 Å². The Bertz CT molecular complexity index is 409. The first-order chi connectivity index (χ1) is 9.56. The Balaban J connectivity index is 1.68. The first-order valence-corrected chi connectivity index (χ1v) is 7.74. The topological polar surface area (TPSA) is 41.5 Å². The molecule has 4 unspecified atom stereocenters. The highest BCUT2D eigenvalue weighted by atomic mass is 35.5. The smallest absolute Gasteiger partial charge is 0.119 e. The second-order valence-electron chi connectivity index (χ2n) is 5.85. The molecule has 2 rings (SSSR count). The maximum atomic E-state index is 9.96. The van der Waals surface area contributed by atoms with Crippen molar-refractivity contribution in [1.82, 2.24) is 5.32 Å². The highest BCUT2D eigenvalue weighted by Gasteiger charge is 2.29. The highest BCUT2D eigenvalue weighted by Crippen LogP contribution is 2.30. The van der Waals surface area contributed by atoms with Crippen LogP contribution in [0.5, 0.6) is 5.75 Å². The lowest BCUT2D eigenvalue weighted by molar-refractivity contribution is 0.102. The maximum Gasteiger partial charge on any atom is 0.119 e. The number of hydrogen-bond acceptors (Lipinski definition) is 3. The molecule has 0 spiro atoms. The van der Waals surface area contributed by atoms with Crippen LogP contribution in [0.25, 0.3) is 0 Å². The quantitative estimate of drug-likeness (QED) is 0.848. The van der Waals surface area contributed by atoms with Gasteiger partial charge >= 0.3 is 0 Å². The van der Waals surface area contributed by atoms with Gasteiger partial charge in [0, 0.05) is 17.6 Å². The largest absolute Gasteiger partial charge is 0.491 e. The Labute approximate surface area is 126 Å². The van der Waals surface area contributed by atoms with Crippen molar-refractivity contribution < 1.29 is 9.84 Å². The average molecular weight is 298 g/mol. The van der Waals surface area contributed by atoms with E-state index in [2.05, 4.69) is 19.2 Å². The molecule has 3 nitrogen and oxygen atoms in total. The molecular formula is C16H24ClNO2. The second kappa shape index (κ2) is 7.30. The molecule has 0 aromatic heterocycles. The van der Waals surface area contributed by atoms with Gasteiger partial charge in [-0.05, 0) is 48.9 Å².